The van der Waals surface area contributed by atoms with E-state index in [9.17, 15) is 9.59 Å². The highest BCUT2D eigenvalue weighted by molar-refractivity contribution is 5.93. The lowest BCUT2D eigenvalue weighted by Crippen LogP contribution is -2.56. The molecule has 0 unspecified atom stereocenters. The van der Waals surface area contributed by atoms with Crippen molar-refractivity contribution in [1.29, 1.82) is 0 Å². The van der Waals surface area contributed by atoms with Crippen LogP contribution in [0.3, 0.4) is 0 Å². The van der Waals surface area contributed by atoms with E-state index in [-0.39, 0.29) is 5.91 Å². The van der Waals surface area contributed by atoms with E-state index >= 15 is 0 Å². The summed E-state index contributed by atoms with van der Waals surface area (Å²) in [7, 11) is 0. The first-order valence-electron chi connectivity index (χ1n) is 6.57. The maximum atomic E-state index is 12.3. The minimum Gasteiger partial charge on any atom is -0.345 e. The van der Waals surface area contributed by atoms with E-state index in [1.807, 2.05) is 30.3 Å². The van der Waals surface area contributed by atoms with Gasteiger partial charge in [-0.2, -0.15) is 0 Å². The summed E-state index contributed by atoms with van der Waals surface area (Å²) >= 11 is 0. The number of carbonyl (C=O) groups excluding carboxylic acids is 2. The van der Waals surface area contributed by atoms with Crippen LogP contribution in [-0.2, 0) is 9.59 Å². The molecule has 0 radical (unpaired) electrons. The Kier molecular flexibility index (Phi) is 2.89. The molecule has 0 saturated carbocycles. The van der Waals surface area contributed by atoms with Crippen LogP contribution in [0.1, 0.15) is 12.8 Å². The number of nitrogens with one attached hydrogen (secondary N) is 1. The minimum atomic E-state index is -0.485. The van der Waals surface area contributed by atoms with Crippen LogP contribution in [0.25, 0.3) is 0 Å². The molecule has 5 nitrogen and oxygen atoms in total. The van der Waals surface area contributed by atoms with Gasteiger partial charge in [0, 0.05) is 18.8 Å². The van der Waals surface area contributed by atoms with Gasteiger partial charge in [0.25, 0.3) is 0 Å². The Bertz CT molecular complexity index is 481. The van der Waals surface area contributed by atoms with Gasteiger partial charge in [0.2, 0.25) is 12.3 Å². The Balaban J connectivity index is 1.89. The molecule has 2 heterocycles. The summed E-state index contributed by atoms with van der Waals surface area (Å²) in [5, 5.41) is 2.94. The molecule has 1 N–H and O–H groups in total. The fourth-order valence-electron chi connectivity index (χ4n) is 3.03. The summed E-state index contributed by atoms with van der Waals surface area (Å²) in [6.45, 7) is 1.82. The second-order valence-corrected chi connectivity index (χ2v) is 5.10. The Morgan fingerprint density at radius 3 is 2.47 bits per heavy atom. The number of hydrogen-bond acceptors (Lipinski definition) is 3. The number of benzene rings is 1. The average molecular weight is 259 g/mol. The zero-order valence-electron chi connectivity index (χ0n) is 10.7. The predicted octanol–water partition coefficient (Wildman–Crippen LogP) is 0.571. The van der Waals surface area contributed by atoms with Crippen molar-refractivity contribution < 1.29 is 9.59 Å². The van der Waals surface area contributed by atoms with Crippen LogP contribution in [0.4, 0.5) is 5.69 Å². The number of amides is 2. The number of piperidine rings is 1. The molecule has 2 saturated heterocycles. The second-order valence-electron chi connectivity index (χ2n) is 5.10. The number of rotatable bonds is 2. The van der Waals surface area contributed by atoms with Crippen molar-refractivity contribution in [3.05, 3.63) is 30.3 Å². The molecule has 3 rings (SSSR count). The van der Waals surface area contributed by atoms with Crippen LogP contribution < -0.4 is 10.2 Å². The van der Waals surface area contributed by atoms with Gasteiger partial charge in [-0.15, -0.1) is 0 Å². The summed E-state index contributed by atoms with van der Waals surface area (Å²) < 4.78 is 0. The third kappa shape index (κ3) is 1.85. The molecular weight excluding hydrogens is 242 g/mol. The fourth-order valence-corrected chi connectivity index (χ4v) is 3.03. The molecule has 0 aliphatic carbocycles. The average Bonchev–Trinajstić information content (AvgIpc) is 2.78. The Morgan fingerprint density at radius 1 is 1.16 bits per heavy atom. The van der Waals surface area contributed by atoms with Crippen molar-refractivity contribution in [3.63, 3.8) is 0 Å². The summed E-state index contributed by atoms with van der Waals surface area (Å²) in [6.07, 6.45) is 2.24. The van der Waals surface area contributed by atoms with Crippen molar-refractivity contribution in [2.75, 3.05) is 24.7 Å². The van der Waals surface area contributed by atoms with Crippen molar-refractivity contribution in [1.82, 2.24) is 10.2 Å². The largest absolute Gasteiger partial charge is 0.345 e. The van der Waals surface area contributed by atoms with Crippen LogP contribution in [0.2, 0.25) is 0 Å². The SMILES string of the molecule is O=CN1CCC2(CC1)C(=O)NCN2c1ccccc1. The summed E-state index contributed by atoms with van der Waals surface area (Å²) in [5.74, 6) is 0.0851. The molecule has 1 aromatic carbocycles. The maximum Gasteiger partial charge on any atom is 0.247 e. The second kappa shape index (κ2) is 4.57. The molecule has 0 aromatic heterocycles. The molecule has 1 spiro atoms. The van der Waals surface area contributed by atoms with E-state index in [0.29, 0.717) is 32.6 Å². The fraction of sp³-hybridized carbons (Fsp3) is 0.429. The van der Waals surface area contributed by atoms with E-state index in [4.69, 9.17) is 0 Å². The molecule has 2 aliphatic rings. The number of hydrogen-bond donors (Lipinski definition) is 1. The van der Waals surface area contributed by atoms with Crippen LogP contribution in [-0.4, -0.2) is 42.5 Å². The van der Waals surface area contributed by atoms with Gasteiger partial charge in [0.15, 0.2) is 0 Å². The van der Waals surface area contributed by atoms with Gasteiger partial charge in [0.1, 0.15) is 5.54 Å². The molecule has 2 fully saturated rings. The summed E-state index contributed by atoms with van der Waals surface area (Å²) in [6, 6.07) is 9.97. The van der Waals surface area contributed by atoms with E-state index < -0.39 is 5.54 Å². The molecule has 19 heavy (non-hydrogen) atoms. The van der Waals surface area contributed by atoms with Crippen molar-refractivity contribution in [2.24, 2.45) is 0 Å². The zero-order chi connectivity index (χ0) is 13.3. The molecule has 5 heteroatoms. The zero-order valence-corrected chi connectivity index (χ0v) is 10.7. The lowest BCUT2D eigenvalue weighted by Gasteiger charge is -2.42. The number of carbonyl (C=O) groups is 2. The van der Waals surface area contributed by atoms with Gasteiger partial charge in [-0.1, -0.05) is 18.2 Å². The first-order chi connectivity index (χ1) is 9.26. The predicted molar refractivity (Wildman–Crippen MR) is 71.5 cm³/mol. The van der Waals surface area contributed by atoms with Crippen molar-refractivity contribution >= 4 is 18.0 Å². The molecule has 100 valence electrons. The Labute approximate surface area is 112 Å². The van der Waals surface area contributed by atoms with E-state index in [2.05, 4.69) is 10.2 Å². The van der Waals surface area contributed by atoms with Crippen LogP contribution in [0, 0.1) is 0 Å². The number of nitrogens with zero attached hydrogens (tertiary/aromatic N) is 2. The maximum absolute atomic E-state index is 12.3. The lowest BCUT2D eigenvalue weighted by molar-refractivity contribution is -0.127. The molecule has 2 aliphatic heterocycles. The van der Waals surface area contributed by atoms with Gasteiger partial charge < -0.3 is 15.1 Å². The van der Waals surface area contributed by atoms with Crippen LogP contribution >= 0.6 is 0 Å². The molecule has 0 bridgehead atoms. The quantitative estimate of drug-likeness (QED) is 0.790. The van der Waals surface area contributed by atoms with E-state index in [1.165, 1.54) is 0 Å². The summed E-state index contributed by atoms with van der Waals surface area (Å²) in [4.78, 5) is 27.0. The third-order valence-corrected chi connectivity index (χ3v) is 4.18. The number of anilines is 1. The molecule has 0 atom stereocenters. The van der Waals surface area contributed by atoms with Crippen molar-refractivity contribution in [2.45, 2.75) is 18.4 Å². The summed E-state index contributed by atoms with van der Waals surface area (Å²) in [5.41, 5.74) is 0.571. The lowest BCUT2D eigenvalue weighted by atomic mass is 9.86. The highest BCUT2D eigenvalue weighted by Gasteiger charge is 2.50. The Hall–Kier alpha value is -2.04. The van der Waals surface area contributed by atoms with Gasteiger partial charge in [-0.05, 0) is 25.0 Å². The van der Waals surface area contributed by atoms with Gasteiger partial charge in [-0.25, -0.2) is 0 Å². The van der Waals surface area contributed by atoms with Gasteiger partial charge in [0.05, 0.1) is 6.67 Å². The van der Waals surface area contributed by atoms with Gasteiger partial charge >= 0.3 is 0 Å². The monoisotopic (exact) mass is 259 g/mol. The first-order valence-corrected chi connectivity index (χ1v) is 6.57. The van der Waals surface area contributed by atoms with Gasteiger partial charge in [-0.3, -0.25) is 9.59 Å². The Morgan fingerprint density at radius 2 is 1.84 bits per heavy atom. The van der Waals surface area contributed by atoms with Crippen LogP contribution in [0.15, 0.2) is 30.3 Å². The molecule has 2 amide bonds. The number of para-hydroxylation sites is 1. The van der Waals surface area contributed by atoms with E-state index in [1.54, 1.807) is 4.90 Å². The topological polar surface area (TPSA) is 52.7 Å². The molecular formula is C14H17N3O2. The smallest absolute Gasteiger partial charge is 0.247 e. The highest BCUT2D eigenvalue weighted by atomic mass is 16.2. The van der Waals surface area contributed by atoms with Crippen LogP contribution in [0.5, 0.6) is 0 Å². The first kappa shape index (κ1) is 12.0. The standard InChI is InChI=1S/C14H17N3O2/c18-11-16-8-6-14(7-9-16)13(19)15-10-17(14)12-4-2-1-3-5-12/h1-5,11H,6-10H2,(H,15,19). The van der Waals surface area contributed by atoms with E-state index in [0.717, 1.165) is 12.1 Å². The third-order valence-electron chi connectivity index (χ3n) is 4.18. The number of likely N-dealkylation sites (tertiary alicyclic amines) is 1. The van der Waals surface area contributed by atoms with Crippen molar-refractivity contribution in [3.8, 4) is 0 Å². The molecule has 1 aromatic rings. The normalized spacial score (nSPS) is 21.6. The highest BCUT2D eigenvalue weighted by Crippen LogP contribution is 2.35. The minimum absolute atomic E-state index is 0.0851.